The van der Waals surface area contributed by atoms with Gasteiger partial charge >= 0.3 is 5.97 Å². The first-order valence-corrected chi connectivity index (χ1v) is 8.14. The van der Waals surface area contributed by atoms with Gasteiger partial charge in [-0.15, -0.1) is 0 Å². The van der Waals surface area contributed by atoms with Gasteiger partial charge in [-0.05, 0) is 48.5 Å². The molecule has 0 saturated heterocycles. The molecule has 2 rings (SSSR count). The number of carbonyl (C=O) groups is 3. The minimum absolute atomic E-state index is 0.0995. The number of Topliss-reactive ketones (excluding diaryl/α,β-unsaturated/α-hetero) is 1. The van der Waals surface area contributed by atoms with Gasteiger partial charge in [0.25, 0.3) is 0 Å². The van der Waals surface area contributed by atoms with E-state index >= 15 is 0 Å². The monoisotopic (exact) mass is 389 g/mol. The molecule has 24 heavy (non-hydrogen) atoms. The number of carbonyl (C=O) groups excluding carboxylic acids is 3. The molecule has 1 amide bonds. The highest BCUT2D eigenvalue weighted by molar-refractivity contribution is 9.10. The number of esters is 1. The summed E-state index contributed by atoms with van der Waals surface area (Å²) >= 11 is 3.28. The summed E-state index contributed by atoms with van der Waals surface area (Å²) in [7, 11) is 0. The van der Waals surface area contributed by atoms with Crippen molar-refractivity contribution in [3.8, 4) is 0 Å². The number of ketones is 1. The first kappa shape index (κ1) is 17.9. The van der Waals surface area contributed by atoms with Crippen LogP contribution in [0.2, 0.25) is 0 Å². The molecule has 0 fully saturated rings. The summed E-state index contributed by atoms with van der Waals surface area (Å²) in [5.41, 5.74) is 1.40. The van der Waals surface area contributed by atoms with Crippen LogP contribution in [-0.2, 0) is 9.53 Å². The highest BCUT2D eigenvalue weighted by atomic mass is 79.9. The molecule has 0 aliphatic heterocycles. The Labute approximate surface area is 148 Å². The van der Waals surface area contributed by atoms with Crippen molar-refractivity contribution in [1.29, 1.82) is 0 Å². The van der Waals surface area contributed by atoms with Crippen molar-refractivity contribution in [3.63, 3.8) is 0 Å². The van der Waals surface area contributed by atoms with Crippen LogP contribution in [0.25, 0.3) is 0 Å². The van der Waals surface area contributed by atoms with Gasteiger partial charge in [0, 0.05) is 22.1 Å². The van der Waals surface area contributed by atoms with Crippen molar-refractivity contribution in [2.75, 3.05) is 11.9 Å². The maximum absolute atomic E-state index is 12.1. The summed E-state index contributed by atoms with van der Waals surface area (Å²) in [6, 6.07) is 13.1. The molecule has 0 bridgehead atoms. The molecule has 5 nitrogen and oxygen atoms in total. The van der Waals surface area contributed by atoms with Gasteiger partial charge in [0.05, 0.1) is 5.56 Å². The standard InChI is InChI=1S/C18H16BrNO4/c1-2-17(22)20-15-9-5-12(6-10-15)16(21)11-24-18(23)13-3-7-14(19)8-4-13/h3-10H,2,11H2,1H3,(H,20,22). The van der Waals surface area contributed by atoms with E-state index in [9.17, 15) is 14.4 Å². The van der Waals surface area contributed by atoms with E-state index in [2.05, 4.69) is 21.2 Å². The number of nitrogens with one attached hydrogen (secondary N) is 1. The van der Waals surface area contributed by atoms with Gasteiger partial charge in [-0.3, -0.25) is 9.59 Å². The van der Waals surface area contributed by atoms with E-state index in [0.717, 1.165) is 4.47 Å². The molecule has 0 saturated carbocycles. The Morgan fingerprint density at radius 3 is 2.12 bits per heavy atom. The molecule has 2 aromatic rings. The summed E-state index contributed by atoms with van der Waals surface area (Å²) < 4.78 is 5.88. The SMILES string of the molecule is CCC(=O)Nc1ccc(C(=O)COC(=O)c2ccc(Br)cc2)cc1. The topological polar surface area (TPSA) is 72.5 Å². The van der Waals surface area contributed by atoms with Gasteiger partial charge < -0.3 is 10.1 Å². The van der Waals surface area contributed by atoms with Crippen molar-refractivity contribution >= 4 is 39.3 Å². The molecule has 1 N–H and O–H groups in total. The number of ether oxygens (including phenoxy) is 1. The third-order valence-electron chi connectivity index (χ3n) is 3.23. The lowest BCUT2D eigenvalue weighted by atomic mass is 10.1. The van der Waals surface area contributed by atoms with Crippen molar-refractivity contribution in [2.24, 2.45) is 0 Å². The first-order chi connectivity index (χ1) is 11.5. The molecular formula is C18H16BrNO4. The number of hydrogen-bond donors (Lipinski definition) is 1. The summed E-state index contributed by atoms with van der Waals surface area (Å²) in [5.74, 6) is -0.964. The maximum atomic E-state index is 12.1. The Balaban J connectivity index is 1.91. The van der Waals surface area contributed by atoms with Crippen LogP contribution in [0, 0.1) is 0 Å². The van der Waals surface area contributed by atoms with Crippen LogP contribution in [0.3, 0.4) is 0 Å². The van der Waals surface area contributed by atoms with Gasteiger partial charge in [0.1, 0.15) is 0 Å². The number of hydrogen-bond acceptors (Lipinski definition) is 4. The molecule has 6 heteroatoms. The van der Waals surface area contributed by atoms with Crippen LogP contribution < -0.4 is 5.32 Å². The van der Waals surface area contributed by atoms with Crippen molar-refractivity contribution in [2.45, 2.75) is 13.3 Å². The largest absolute Gasteiger partial charge is 0.454 e. The lowest BCUT2D eigenvalue weighted by Gasteiger charge is -2.06. The van der Waals surface area contributed by atoms with Crippen molar-refractivity contribution in [1.82, 2.24) is 0 Å². The van der Waals surface area contributed by atoms with Crippen LogP contribution in [0.1, 0.15) is 34.1 Å². The number of benzene rings is 2. The van der Waals surface area contributed by atoms with Crippen LogP contribution >= 0.6 is 15.9 Å². The zero-order chi connectivity index (χ0) is 17.5. The van der Waals surface area contributed by atoms with Crippen molar-refractivity contribution < 1.29 is 19.1 Å². The fourth-order valence-corrected chi connectivity index (χ4v) is 2.14. The predicted octanol–water partition coefficient (Wildman–Crippen LogP) is 3.84. The van der Waals surface area contributed by atoms with Crippen LogP contribution in [-0.4, -0.2) is 24.3 Å². The van der Waals surface area contributed by atoms with Crippen molar-refractivity contribution in [3.05, 3.63) is 64.1 Å². The Kier molecular flexibility index (Phi) is 6.26. The van der Waals surface area contributed by atoms with Gasteiger partial charge in [0.15, 0.2) is 12.4 Å². The minimum Gasteiger partial charge on any atom is -0.454 e. The second kappa shape index (κ2) is 8.40. The van der Waals surface area contributed by atoms with E-state index < -0.39 is 5.97 Å². The molecule has 0 atom stereocenters. The Hall–Kier alpha value is -2.47. The van der Waals surface area contributed by atoms with Gasteiger partial charge in [0.2, 0.25) is 5.91 Å². The Morgan fingerprint density at radius 1 is 0.958 bits per heavy atom. The van der Waals surface area contributed by atoms with E-state index in [1.165, 1.54) is 0 Å². The summed E-state index contributed by atoms with van der Waals surface area (Å²) in [4.78, 5) is 35.2. The van der Waals surface area contributed by atoms with E-state index in [4.69, 9.17) is 4.74 Å². The third-order valence-corrected chi connectivity index (χ3v) is 3.75. The third kappa shape index (κ3) is 5.03. The molecule has 0 aliphatic carbocycles. The highest BCUT2D eigenvalue weighted by Gasteiger charge is 2.12. The van der Waals surface area contributed by atoms with E-state index in [-0.39, 0.29) is 18.3 Å². The van der Waals surface area contributed by atoms with Crippen LogP contribution in [0.15, 0.2) is 53.0 Å². The Morgan fingerprint density at radius 2 is 1.54 bits per heavy atom. The predicted molar refractivity (Wildman–Crippen MR) is 94.1 cm³/mol. The van der Waals surface area contributed by atoms with Gasteiger partial charge in [-0.2, -0.15) is 0 Å². The number of rotatable bonds is 6. The summed E-state index contributed by atoms with van der Waals surface area (Å²) in [6.45, 7) is 1.42. The number of amides is 1. The molecule has 2 aromatic carbocycles. The van der Waals surface area contributed by atoms with E-state index in [1.807, 2.05) is 0 Å². The molecule has 0 heterocycles. The van der Waals surface area contributed by atoms with Crippen LogP contribution in [0.4, 0.5) is 5.69 Å². The average molecular weight is 390 g/mol. The average Bonchev–Trinajstić information content (AvgIpc) is 2.60. The molecule has 0 unspecified atom stereocenters. The number of halogens is 1. The molecule has 124 valence electrons. The van der Waals surface area contributed by atoms with E-state index in [1.54, 1.807) is 55.5 Å². The summed E-state index contributed by atoms with van der Waals surface area (Å²) in [6.07, 6.45) is 0.382. The molecule has 0 spiro atoms. The zero-order valence-electron chi connectivity index (χ0n) is 13.0. The highest BCUT2D eigenvalue weighted by Crippen LogP contribution is 2.13. The second-order valence-electron chi connectivity index (χ2n) is 4.99. The lowest BCUT2D eigenvalue weighted by molar-refractivity contribution is -0.115. The molecular weight excluding hydrogens is 374 g/mol. The smallest absolute Gasteiger partial charge is 0.338 e. The fourth-order valence-electron chi connectivity index (χ4n) is 1.87. The normalized spacial score (nSPS) is 10.1. The second-order valence-corrected chi connectivity index (χ2v) is 5.90. The minimum atomic E-state index is -0.553. The van der Waals surface area contributed by atoms with Gasteiger partial charge in [-0.25, -0.2) is 4.79 Å². The fraction of sp³-hybridized carbons (Fsp3) is 0.167. The zero-order valence-corrected chi connectivity index (χ0v) is 14.6. The van der Waals surface area contributed by atoms with Crippen LogP contribution in [0.5, 0.6) is 0 Å². The lowest BCUT2D eigenvalue weighted by Crippen LogP contribution is -2.14. The summed E-state index contributed by atoms with van der Waals surface area (Å²) in [5, 5.41) is 2.69. The van der Waals surface area contributed by atoms with Gasteiger partial charge in [-0.1, -0.05) is 22.9 Å². The quantitative estimate of drug-likeness (QED) is 0.601. The molecule has 0 radical (unpaired) electrons. The first-order valence-electron chi connectivity index (χ1n) is 7.35. The van der Waals surface area contributed by atoms with E-state index in [0.29, 0.717) is 23.2 Å². The molecule has 0 aromatic heterocycles. The maximum Gasteiger partial charge on any atom is 0.338 e. The Bertz CT molecular complexity index is 739. The number of anilines is 1. The molecule has 0 aliphatic rings.